The molecule has 3 atom stereocenters. The molecule has 1 aromatic rings. The Morgan fingerprint density at radius 1 is 1.18 bits per heavy atom. The molecule has 0 aromatic heterocycles. The van der Waals surface area contributed by atoms with E-state index in [-0.39, 0.29) is 44.1 Å². The Kier molecular flexibility index (Phi) is 7.42. The van der Waals surface area contributed by atoms with E-state index in [2.05, 4.69) is 0 Å². The van der Waals surface area contributed by atoms with Crippen molar-refractivity contribution in [2.75, 3.05) is 26.7 Å². The lowest BCUT2D eigenvalue weighted by Gasteiger charge is -2.46. The van der Waals surface area contributed by atoms with Gasteiger partial charge in [-0.2, -0.15) is 5.48 Å². The molecule has 2 saturated heterocycles. The summed E-state index contributed by atoms with van der Waals surface area (Å²) in [4.78, 5) is 39.5. The third kappa shape index (κ3) is 4.25. The van der Waals surface area contributed by atoms with Crippen LogP contribution in [0.2, 0.25) is 10.0 Å². The Morgan fingerprint density at radius 2 is 1.82 bits per heavy atom. The number of hydrogen-bond donors (Lipinski definition) is 5. The number of amides is 2. The number of hydrogen-bond acceptors (Lipinski definition) is 7. The predicted molar refractivity (Wildman–Crippen MR) is 117 cm³/mol. The number of halogens is 2. The minimum absolute atomic E-state index is 0.179. The van der Waals surface area contributed by atoms with Gasteiger partial charge < -0.3 is 30.8 Å². The number of likely N-dealkylation sites (tertiary alicyclic amines) is 2. The summed E-state index contributed by atoms with van der Waals surface area (Å²) in [5, 5.41) is 31.0. The van der Waals surface area contributed by atoms with Gasteiger partial charge in [-0.15, -0.1) is 0 Å². The maximum atomic E-state index is 12.8. The van der Waals surface area contributed by atoms with Crippen molar-refractivity contribution in [3.63, 3.8) is 0 Å². The van der Waals surface area contributed by atoms with Crippen LogP contribution in [0.3, 0.4) is 0 Å². The molecule has 2 aliphatic rings. The number of likely N-dealkylation sites (N-methyl/N-ethyl adjacent to an activating group) is 1. The number of ether oxygens (including phenoxy) is 1. The Labute approximate surface area is 199 Å². The molecule has 0 saturated carbocycles. The van der Waals surface area contributed by atoms with Gasteiger partial charge in [-0.05, 0) is 43.5 Å². The number of primary amides is 1. The molecule has 6 N–H and O–H groups in total. The fraction of sp³-hybridized carbons (Fsp3) is 0.550. The van der Waals surface area contributed by atoms with Crippen molar-refractivity contribution in [2.24, 2.45) is 11.7 Å². The van der Waals surface area contributed by atoms with Crippen LogP contribution in [-0.4, -0.2) is 87.1 Å². The molecule has 1 aromatic carbocycles. The second kappa shape index (κ2) is 9.61. The van der Waals surface area contributed by atoms with Crippen LogP contribution in [0, 0.1) is 5.92 Å². The highest BCUT2D eigenvalue weighted by Crippen LogP contribution is 2.46. The van der Waals surface area contributed by atoms with E-state index >= 15 is 0 Å². The number of carboxylic acid groups (broad SMARTS) is 2. The molecule has 182 valence electrons. The zero-order chi connectivity index (χ0) is 24.6. The summed E-state index contributed by atoms with van der Waals surface area (Å²) in [6.45, 7) is -0.0848. The molecule has 0 aliphatic carbocycles. The number of nitrogens with zero attached hydrogens (tertiary/aromatic N) is 2. The maximum Gasteiger partial charge on any atom is 0.330 e. The Morgan fingerprint density at radius 3 is 2.30 bits per heavy atom. The first-order chi connectivity index (χ1) is 15.5. The van der Waals surface area contributed by atoms with Gasteiger partial charge in [0.15, 0.2) is 11.1 Å². The molecular formula is C20H26Cl2N4O7. The number of piperidine rings is 1. The van der Waals surface area contributed by atoms with Crippen molar-refractivity contribution in [1.82, 2.24) is 15.3 Å². The van der Waals surface area contributed by atoms with Crippen LogP contribution in [0.15, 0.2) is 18.2 Å². The first-order valence-electron chi connectivity index (χ1n) is 10.2. The molecular weight excluding hydrogens is 479 g/mol. The quantitative estimate of drug-likeness (QED) is 0.343. The monoisotopic (exact) mass is 504 g/mol. The molecule has 11 nitrogen and oxygen atoms in total. The highest BCUT2D eigenvalue weighted by Gasteiger charge is 2.71. The van der Waals surface area contributed by atoms with Gasteiger partial charge in [-0.1, -0.05) is 29.3 Å². The molecule has 2 aliphatic heterocycles. The fourth-order valence-corrected chi connectivity index (χ4v) is 5.40. The van der Waals surface area contributed by atoms with Crippen LogP contribution in [0.5, 0.6) is 0 Å². The Bertz CT molecular complexity index is 943. The molecule has 3 unspecified atom stereocenters. The third-order valence-electron chi connectivity index (χ3n) is 6.72. The van der Waals surface area contributed by atoms with Crippen molar-refractivity contribution in [2.45, 2.75) is 36.6 Å². The van der Waals surface area contributed by atoms with Crippen molar-refractivity contribution in [1.29, 1.82) is 0 Å². The molecule has 3 rings (SSSR count). The predicted octanol–water partition coefficient (Wildman–Crippen LogP) is 1.24. The number of aliphatic carboxylic acids is 2. The van der Waals surface area contributed by atoms with Gasteiger partial charge in [-0.25, -0.2) is 9.59 Å². The van der Waals surface area contributed by atoms with Crippen molar-refractivity contribution >= 4 is 41.2 Å². The summed E-state index contributed by atoms with van der Waals surface area (Å²) in [7, 11) is 1.48. The van der Waals surface area contributed by atoms with Crippen molar-refractivity contribution < 1.29 is 34.5 Å². The topological polar surface area (TPSA) is 166 Å². The van der Waals surface area contributed by atoms with E-state index in [1.54, 1.807) is 12.1 Å². The van der Waals surface area contributed by atoms with E-state index in [1.165, 1.54) is 22.9 Å². The van der Waals surface area contributed by atoms with E-state index in [9.17, 15) is 29.8 Å². The van der Waals surface area contributed by atoms with Crippen LogP contribution >= 0.6 is 23.2 Å². The van der Waals surface area contributed by atoms with Gasteiger partial charge in [0, 0.05) is 19.6 Å². The average molecular weight is 505 g/mol. The lowest BCUT2D eigenvalue weighted by molar-refractivity contribution is -0.176. The minimum atomic E-state index is -2.12. The summed E-state index contributed by atoms with van der Waals surface area (Å²) in [5.74, 6) is -3.35. The number of nitrogens with one attached hydrogen (secondary N) is 1. The zero-order valence-electron chi connectivity index (χ0n) is 17.8. The minimum Gasteiger partial charge on any atom is -0.480 e. The molecule has 0 spiro atoms. The first-order valence-corrected chi connectivity index (χ1v) is 11.0. The SMILES string of the molecule is CN1CC(NO)(C(=O)O)C(OCc2ccc(Cl)c(Cl)c2)C1(C(=O)O)C1CCN(C(N)=O)CC1. The standard InChI is InChI=1S/C20H26Cl2N4O7/c1-25-10-19(24-32,16(27)28)15(33-9-11-2-3-13(21)14(22)8-11)20(25,17(29)30)12-4-6-26(7-5-12)18(23)31/h2-3,8,12,15,24,32H,4-7,9-10H2,1H3,(H2,23,31)(H,27,28)(H,29,30). The Hall–Kier alpha value is -2.15. The van der Waals surface area contributed by atoms with E-state index in [0.717, 1.165) is 0 Å². The van der Waals surface area contributed by atoms with E-state index in [1.807, 2.05) is 5.48 Å². The van der Waals surface area contributed by atoms with Crippen LogP contribution in [0.4, 0.5) is 4.79 Å². The van der Waals surface area contributed by atoms with Gasteiger partial charge >= 0.3 is 18.0 Å². The van der Waals surface area contributed by atoms with Gasteiger partial charge in [0.25, 0.3) is 0 Å². The van der Waals surface area contributed by atoms with Gasteiger partial charge in [0.05, 0.1) is 16.7 Å². The maximum absolute atomic E-state index is 12.8. The molecule has 2 amide bonds. The smallest absolute Gasteiger partial charge is 0.330 e. The van der Waals surface area contributed by atoms with Crippen molar-refractivity contribution in [3.8, 4) is 0 Å². The first kappa shape index (κ1) is 25.5. The van der Waals surface area contributed by atoms with Gasteiger partial charge in [0.2, 0.25) is 0 Å². The van der Waals surface area contributed by atoms with Crippen LogP contribution in [-0.2, 0) is 20.9 Å². The number of benzene rings is 1. The lowest BCUT2D eigenvalue weighted by atomic mass is 9.71. The largest absolute Gasteiger partial charge is 0.480 e. The molecule has 2 fully saturated rings. The molecule has 0 bridgehead atoms. The summed E-state index contributed by atoms with van der Waals surface area (Å²) in [5.41, 5.74) is 3.78. The second-order valence-electron chi connectivity index (χ2n) is 8.41. The van der Waals surface area contributed by atoms with Gasteiger partial charge in [-0.3, -0.25) is 9.69 Å². The average Bonchev–Trinajstić information content (AvgIpc) is 3.04. The lowest BCUT2D eigenvalue weighted by Crippen LogP contribution is -2.68. The number of nitrogens with two attached hydrogens (primary N) is 1. The van der Waals surface area contributed by atoms with E-state index in [4.69, 9.17) is 33.7 Å². The summed E-state index contributed by atoms with van der Waals surface area (Å²) in [6, 6.07) is 4.09. The van der Waals surface area contributed by atoms with Crippen LogP contribution in [0.25, 0.3) is 0 Å². The molecule has 0 radical (unpaired) electrons. The number of urea groups is 1. The third-order valence-corrected chi connectivity index (χ3v) is 7.46. The molecule has 2 heterocycles. The highest BCUT2D eigenvalue weighted by atomic mass is 35.5. The summed E-state index contributed by atoms with van der Waals surface area (Å²) in [6.07, 6.45) is -0.990. The number of rotatable bonds is 7. The second-order valence-corrected chi connectivity index (χ2v) is 9.23. The number of carboxylic acids is 2. The summed E-state index contributed by atoms with van der Waals surface area (Å²) >= 11 is 12.0. The van der Waals surface area contributed by atoms with Crippen LogP contribution < -0.4 is 11.2 Å². The normalized spacial score (nSPS) is 28.7. The number of hydroxylamine groups is 1. The Balaban J connectivity index is 2.02. The van der Waals surface area contributed by atoms with Gasteiger partial charge in [0.1, 0.15) is 6.10 Å². The molecule has 13 heteroatoms. The molecule has 33 heavy (non-hydrogen) atoms. The summed E-state index contributed by atoms with van der Waals surface area (Å²) < 4.78 is 5.99. The van der Waals surface area contributed by atoms with Crippen molar-refractivity contribution in [3.05, 3.63) is 33.8 Å². The van der Waals surface area contributed by atoms with E-state index in [0.29, 0.717) is 10.6 Å². The van der Waals surface area contributed by atoms with Crippen LogP contribution in [0.1, 0.15) is 18.4 Å². The number of carbonyl (C=O) groups excluding carboxylic acids is 1. The fourth-order valence-electron chi connectivity index (χ4n) is 5.08. The van der Waals surface area contributed by atoms with E-state index < -0.39 is 41.1 Å². The highest BCUT2D eigenvalue weighted by molar-refractivity contribution is 6.42. The number of carbonyl (C=O) groups is 3. The zero-order valence-corrected chi connectivity index (χ0v) is 19.3.